The third kappa shape index (κ3) is 5.07. The number of hydrogen-bond donors (Lipinski definition) is 3. The van der Waals surface area contributed by atoms with Crippen molar-refractivity contribution in [3.05, 3.63) is 53.6 Å². The van der Waals surface area contributed by atoms with Gasteiger partial charge in [-0.15, -0.1) is 0 Å². The summed E-state index contributed by atoms with van der Waals surface area (Å²) in [6, 6.07) is 11.6. The van der Waals surface area contributed by atoms with E-state index < -0.39 is 18.5 Å². The number of anilines is 3. The van der Waals surface area contributed by atoms with Crippen molar-refractivity contribution in [3.8, 4) is 0 Å². The van der Waals surface area contributed by atoms with Crippen molar-refractivity contribution in [3.63, 3.8) is 0 Å². The molecule has 7 nitrogen and oxygen atoms in total. The van der Waals surface area contributed by atoms with Gasteiger partial charge in [0.25, 0.3) is 5.91 Å². The Kier molecular flexibility index (Phi) is 5.73. The van der Waals surface area contributed by atoms with Crippen LogP contribution in [0.15, 0.2) is 42.5 Å². The number of carbonyl (C=O) groups is 3. The Hall–Kier alpha value is -3.35. The lowest BCUT2D eigenvalue weighted by Gasteiger charge is -2.10. The van der Waals surface area contributed by atoms with E-state index in [1.807, 2.05) is 0 Å². The topological polar surface area (TPSA) is 111 Å². The van der Waals surface area contributed by atoms with Crippen LogP contribution in [0, 0.1) is 6.92 Å². The fraction of sp³-hybridized carbons (Fsp3) is 0.167. The molecule has 0 spiro atoms. The van der Waals surface area contributed by atoms with E-state index in [0.29, 0.717) is 17.1 Å². The number of aryl methyl sites for hydroxylation is 1. The van der Waals surface area contributed by atoms with Gasteiger partial charge in [0.2, 0.25) is 5.91 Å². The van der Waals surface area contributed by atoms with Gasteiger partial charge in [0.05, 0.1) is 5.56 Å². The molecule has 7 heteroatoms. The van der Waals surface area contributed by atoms with Crippen LogP contribution in [-0.2, 0) is 14.3 Å². The average Bonchev–Trinajstić information content (AvgIpc) is 2.55. The molecule has 4 N–H and O–H groups in total. The van der Waals surface area contributed by atoms with Gasteiger partial charge in [-0.25, -0.2) is 4.79 Å². The fourth-order valence-electron chi connectivity index (χ4n) is 2.14. The molecule has 0 fully saturated rings. The molecule has 0 heterocycles. The van der Waals surface area contributed by atoms with E-state index >= 15 is 0 Å². The first-order valence-corrected chi connectivity index (χ1v) is 7.56. The molecule has 2 aromatic carbocycles. The summed E-state index contributed by atoms with van der Waals surface area (Å²) in [5.41, 5.74) is 8.17. The average molecular weight is 341 g/mol. The smallest absolute Gasteiger partial charge is 0.340 e. The van der Waals surface area contributed by atoms with E-state index in [9.17, 15) is 14.4 Å². The first kappa shape index (κ1) is 18.0. The number of rotatable bonds is 5. The Balaban J connectivity index is 1.93. The molecule has 130 valence electrons. The zero-order valence-corrected chi connectivity index (χ0v) is 14.0. The monoisotopic (exact) mass is 341 g/mol. The first-order chi connectivity index (χ1) is 11.9. The van der Waals surface area contributed by atoms with Gasteiger partial charge in [-0.3, -0.25) is 9.59 Å². The summed E-state index contributed by atoms with van der Waals surface area (Å²) >= 11 is 0. The second-order valence-corrected chi connectivity index (χ2v) is 5.42. The lowest BCUT2D eigenvalue weighted by molar-refractivity contribution is -0.119. The summed E-state index contributed by atoms with van der Waals surface area (Å²) in [4.78, 5) is 35.0. The number of hydrogen-bond acceptors (Lipinski definition) is 5. The van der Waals surface area contributed by atoms with Crippen LogP contribution >= 0.6 is 0 Å². The summed E-state index contributed by atoms with van der Waals surface area (Å²) in [6.07, 6.45) is 0. The summed E-state index contributed by atoms with van der Waals surface area (Å²) in [7, 11) is 0. The fourth-order valence-corrected chi connectivity index (χ4v) is 2.14. The minimum Gasteiger partial charge on any atom is -0.452 e. The van der Waals surface area contributed by atoms with Crippen LogP contribution in [0.25, 0.3) is 0 Å². The lowest BCUT2D eigenvalue weighted by atomic mass is 10.1. The molecule has 0 bridgehead atoms. The van der Waals surface area contributed by atoms with Crippen molar-refractivity contribution in [1.29, 1.82) is 0 Å². The van der Waals surface area contributed by atoms with Gasteiger partial charge < -0.3 is 21.1 Å². The van der Waals surface area contributed by atoms with Gasteiger partial charge in [0.15, 0.2) is 6.61 Å². The van der Waals surface area contributed by atoms with Gasteiger partial charge in [-0.1, -0.05) is 18.2 Å². The van der Waals surface area contributed by atoms with E-state index in [4.69, 9.17) is 10.5 Å². The number of esters is 1. The molecule has 0 saturated heterocycles. The number of nitrogens with two attached hydrogens (primary N) is 1. The second kappa shape index (κ2) is 7.96. The van der Waals surface area contributed by atoms with Crippen molar-refractivity contribution >= 4 is 34.8 Å². The van der Waals surface area contributed by atoms with Gasteiger partial charge in [-0.2, -0.15) is 0 Å². The molecular formula is C18H19N3O4. The highest BCUT2D eigenvalue weighted by molar-refractivity contribution is 5.99. The van der Waals surface area contributed by atoms with Gasteiger partial charge >= 0.3 is 5.97 Å². The maximum atomic E-state index is 12.0. The molecule has 0 aromatic heterocycles. The zero-order valence-electron chi connectivity index (χ0n) is 14.0. The van der Waals surface area contributed by atoms with Crippen molar-refractivity contribution in [2.45, 2.75) is 13.8 Å². The van der Waals surface area contributed by atoms with Crippen LogP contribution in [0.4, 0.5) is 17.1 Å². The summed E-state index contributed by atoms with van der Waals surface area (Å²) in [5, 5.41) is 5.20. The van der Waals surface area contributed by atoms with E-state index in [1.54, 1.807) is 49.4 Å². The lowest BCUT2D eigenvalue weighted by Crippen LogP contribution is -2.21. The summed E-state index contributed by atoms with van der Waals surface area (Å²) < 4.78 is 4.99. The van der Waals surface area contributed by atoms with Crippen LogP contribution < -0.4 is 16.4 Å². The third-order valence-corrected chi connectivity index (χ3v) is 3.35. The molecule has 0 aliphatic heterocycles. The van der Waals surface area contributed by atoms with Crippen LogP contribution in [0.3, 0.4) is 0 Å². The second-order valence-electron chi connectivity index (χ2n) is 5.42. The third-order valence-electron chi connectivity index (χ3n) is 3.35. The number of nitrogen functional groups attached to an aromatic ring is 1. The normalized spacial score (nSPS) is 10.0. The molecule has 2 aromatic rings. The Morgan fingerprint density at radius 1 is 1.04 bits per heavy atom. The first-order valence-electron chi connectivity index (χ1n) is 7.56. The van der Waals surface area contributed by atoms with Crippen LogP contribution in [0.5, 0.6) is 0 Å². The largest absolute Gasteiger partial charge is 0.452 e. The number of ether oxygens (including phenoxy) is 1. The number of benzene rings is 2. The van der Waals surface area contributed by atoms with Gasteiger partial charge in [0, 0.05) is 24.0 Å². The van der Waals surface area contributed by atoms with Gasteiger partial charge in [-0.05, 0) is 36.8 Å². The number of amides is 2. The van der Waals surface area contributed by atoms with E-state index in [0.717, 1.165) is 5.56 Å². The Labute approximate surface area is 145 Å². The summed E-state index contributed by atoms with van der Waals surface area (Å²) in [5.74, 6) is -1.38. The Morgan fingerprint density at radius 3 is 2.36 bits per heavy atom. The minimum atomic E-state index is -0.664. The van der Waals surface area contributed by atoms with E-state index in [1.165, 1.54) is 6.92 Å². The molecule has 0 atom stereocenters. The molecule has 0 aliphatic carbocycles. The molecule has 0 saturated carbocycles. The molecule has 2 amide bonds. The highest BCUT2D eigenvalue weighted by Gasteiger charge is 2.14. The van der Waals surface area contributed by atoms with Crippen LogP contribution in [0.2, 0.25) is 0 Å². The predicted molar refractivity (Wildman–Crippen MR) is 95.2 cm³/mol. The number of carbonyl (C=O) groups excluding carboxylic acids is 3. The maximum Gasteiger partial charge on any atom is 0.340 e. The quantitative estimate of drug-likeness (QED) is 0.571. The molecule has 25 heavy (non-hydrogen) atoms. The molecule has 0 radical (unpaired) electrons. The van der Waals surface area contributed by atoms with E-state index in [-0.39, 0.29) is 11.5 Å². The molecule has 2 rings (SSSR count). The molecular weight excluding hydrogens is 322 g/mol. The molecule has 0 aliphatic rings. The number of nitrogens with one attached hydrogen (secondary N) is 2. The zero-order chi connectivity index (χ0) is 18.4. The highest BCUT2D eigenvalue weighted by atomic mass is 16.5. The maximum absolute atomic E-state index is 12.0. The van der Waals surface area contributed by atoms with Crippen molar-refractivity contribution in [2.75, 3.05) is 23.0 Å². The molecule has 0 unspecified atom stereocenters. The van der Waals surface area contributed by atoms with Gasteiger partial charge in [0.1, 0.15) is 0 Å². The SMILES string of the molecule is CC(=O)Nc1cccc(NC(=O)COC(=O)c2cccc(C)c2N)c1. The van der Waals surface area contributed by atoms with E-state index in [2.05, 4.69) is 10.6 Å². The van der Waals surface area contributed by atoms with Crippen molar-refractivity contribution < 1.29 is 19.1 Å². The summed E-state index contributed by atoms with van der Waals surface area (Å²) in [6.45, 7) is 2.72. The minimum absolute atomic E-state index is 0.215. The predicted octanol–water partition coefficient (Wildman–Crippen LogP) is 2.33. The standard InChI is InChI=1S/C18H19N3O4/c1-11-5-3-8-15(17(11)19)18(24)25-10-16(23)21-14-7-4-6-13(9-14)20-12(2)22/h3-9H,10,19H2,1-2H3,(H,20,22)(H,21,23). The highest BCUT2D eigenvalue weighted by Crippen LogP contribution is 2.18. The Morgan fingerprint density at radius 2 is 1.68 bits per heavy atom. The Bertz CT molecular complexity index is 818. The van der Waals surface area contributed by atoms with Crippen molar-refractivity contribution in [2.24, 2.45) is 0 Å². The van der Waals surface area contributed by atoms with Crippen LogP contribution in [-0.4, -0.2) is 24.4 Å². The van der Waals surface area contributed by atoms with Crippen LogP contribution in [0.1, 0.15) is 22.8 Å². The van der Waals surface area contributed by atoms with Crippen molar-refractivity contribution in [1.82, 2.24) is 0 Å². The number of para-hydroxylation sites is 1.